The van der Waals surface area contributed by atoms with E-state index in [2.05, 4.69) is 35.7 Å². The van der Waals surface area contributed by atoms with E-state index >= 15 is 0 Å². The minimum atomic E-state index is -1.01. The number of carbonyl (C=O) groups is 6. The van der Waals surface area contributed by atoms with Crippen LogP contribution >= 0.6 is 0 Å². The van der Waals surface area contributed by atoms with E-state index in [9.17, 15) is 28.8 Å². The second-order valence-corrected chi connectivity index (χ2v) is 16.8. The van der Waals surface area contributed by atoms with E-state index in [4.69, 9.17) is 9.97 Å². The first-order chi connectivity index (χ1) is 31.6. The molecule has 6 aromatic rings. The largest absolute Gasteiger partial charge is 0.384 e. The number of rotatable bonds is 14. The molecule has 4 aliphatic rings. The summed E-state index contributed by atoms with van der Waals surface area (Å²) >= 11 is 0. The quantitative estimate of drug-likeness (QED) is 0.106. The van der Waals surface area contributed by atoms with Crippen LogP contribution in [0, 0.1) is 0 Å². The molecule has 1 unspecified atom stereocenters. The number of nitrogens with one attached hydrogen (secondary N) is 3. The number of likely N-dealkylation sites (tertiary alicyclic amines) is 1. The van der Waals surface area contributed by atoms with E-state index in [1.807, 2.05) is 59.4 Å². The van der Waals surface area contributed by atoms with Gasteiger partial charge in [-0.2, -0.15) is 0 Å². The monoisotopic (exact) mass is 874 g/mol. The highest BCUT2D eigenvalue weighted by Crippen LogP contribution is 2.38. The van der Waals surface area contributed by atoms with E-state index < -0.39 is 35.6 Å². The number of aromatic amines is 1. The molecule has 2 saturated heterocycles. The molecule has 6 amide bonds. The summed E-state index contributed by atoms with van der Waals surface area (Å²) < 4.78 is 1.85. The van der Waals surface area contributed by atoms with E-state index in [0.29, 0.717) is 52.3 Å². The number of fused-ring (bicyclic) bond motifs is 3. The lowest BCUT2D eigenvalue weighted by molar-refractivity contribution is -0.149. The Morgan fingerprint density at radius 2 is 1.54 bits per heavy atom. The second-order valence-electron chi connectivity index (χ2n) is 16.8. The molecule has 0 radical (unpaired) electrons. The zero-order valence-electron chi connectivity index (χ0n) is 35.7. The van der Waals surface area contributed by atoms with Gasteiger partial charge >= 0.3 is 0 Å². The summed E-state index contributed by atoms with van der Waals surface area (Å²) in [6.07, 6.45) is 7.42. The Labute approximate surface area is 372 Å². The minimum Gasteiger partial charge on any atom is -0.384 e. The van der Waals surface area contributed by atoms with Crippen molar-refractivity contribution in [3.8, 4) is 0 Å². The van der Waals surface area contributed by atoms with Crippen LogP contribution in [0.2, 0.25) is 0 Å². The molecule has 1 atom stereocenters. The summed E-state index contributed by atoms with van der Waals surface area (Å²) in [5, 5.41) is 16.0. The molecule has 0 saturated carbocycles. The zero-order chi connectivity index (χ0) is 44.8. The number of aryl methyl sites for hydroxylation is 1. The lowest BCUT2D eigenvalue weighted by Gasteiger charge is -2.35. The van der Waals surface area contributed by atoms with Crippen LogP contribution in [-0.2, 0) is 32.1 Å². The van der Waals surface area contributed by atoms with Crippen molar-refractivity contribution in [2.24, 2.45) is 0 Å². The molecule has 3 aromatic carbocycles. The van der Waals surface area contributed by atoms with Crippen LogP contribution in [0.1, 0.15) is 69.8 Å². The first-order valence-corrected chi connectivity index (χ1v) is 22.0. The van der Waals surface area contributed by atoms with Crippen LogP contribution in [0.25, 0.3) is 33.0 Å². The number of amides is 6. The summed E-state index contributed by atoms with van der Waals surface area (Å²) in [6.45, 7) is 5.24. The van der Waals surface area contributed by atoms with E-state index in [1.54, 1.807) is 24.4 Å². The number of anilines is 2. The van der Waals surface area contributed by atoms with Crippen molar-refractivity contribution in [3.63, 3.8) is 0 Å². The lowest BCUT2D eigenvalue weighted by Crippen LogP contribution is -2.54. The van der Waals surface area contributed by atoms with Crippen molar-refractivity contribution in [2.45, 2.75) is 51.1 Å². The number of nitrogens with zero attached hydrogens (tertiary/aromatic N) is 9. The van der Waals surface area contributed by atoms with Crippen LogP contribution < -0.4 is 15.5 Å². The Balaban J connectivity index is 0.703. The third-order valence-corrected chi connectivity index (χ3v) is 12.8. The van der Waals surface area contributed by atoms with E-state index in [-0.39, 0.29) is 35.4 Å². The average Bonchev–Trinajstić information content (AvgIpc) is 4.09. The van der Waals surface area contributed by atoms with Gasteiger partial charge in [-0.1, -0.05) is 54.1 Å². The van der Waals surface area contributed by atoms with Crippen molar-refractivity contribution >= 4 is 80.0 Å². The van der Waals surface area contributed by atoms with Crippen molar-refractivity contribution in [3.05, 3.63) is 107 Å². The van der Waals surface area contributed by atoms with Crippen molar-refractivity contribution < 1.29 is 28.8 Å². The smallest absolute Gasteiger partial charge is 0.264 e. The predicted octanol–water partition coefficient (Wildman–Crippen LogP) is 3.66. The number of hydrogen-bond acceptors (Lipinski definition) is 13. The summed E-state index contributed by atoms with van der Waals surface area (Å²) in [7, 11) is 1.37. The number of carbonyl (C=O) groups excluding carboxylic acids is 6. The molecule has 65 heavy (non-hydrogen) atoms. The number of aromatic nitrogens is 6. The summed E-state index contributed by atoms with van der Waals surface area (Å²) in [6, 6.07) is 19.3. The standard InChI is InChI=1S/C47H46N12O6/c1-55-37(60)17-16-36(45(55)64)59-44(63)31-12-9-15-35(38(31)46(59)65)48-19-18-28-27-58(54-53-28)21-8-2-7-20-56-22-24-57(25-23-56)47-50-34-14-6-4-11-30(34)41(51-47)40-39(42(61)52-43(40)62)32-26-49-33-13-5-3-10-29(32)33/h3-6,9-15,26-27,36,48-49H,2,7-8,16-25H2,1H3,(H,52,61,62). The summed E-state index contributed by atoms with van der Waals surface area (Å²) in [4.78, 5) is 98.2. The Hall–Kier alpha value is -7.60. The van der Waals surface area contributed by atoms with Gasteiger partial charge in [0.2, 0.25) is 11.9 Å². The van der Waals surface area contributed by atoms with Crippen molar-refractivity contribution in [1.82, 2.24) is 50.0 Å². The SMILES string of the molecule is CN1C(=O)CCC(N2C(=O)c3cccc(NCCc4cn(CCCCCN5CCN(c6nc(C7=C(c8c[nH]c9ccccc89)C(=O)NC7=O)c7ccccc7n6)CC5)nn4)c3C2=O)C1=O. The molecule has 18 heteroatoms. The third kappa shape index (κ3) is 7.68. The van der Waals surface area contributed by atoms with Gasteiger partial charge in [0.05, 0.1) is 39.2 Å². The minimum absolute atomic E-state index is 0.0856. The van der Waals surface area contributed by atoms with Crippen molar-refractivity contribution in [2.75, 3.05) is 56.5 Å². The van der Waals surface area contributed by atoms with Gasteiger partial charge in [-0.25, -0.2) is 9.97 Å². The number of piperidine rings is 1. The number of para-hydroxylation sites is 2. The number of piperazine rings is 1. The fourth-order valence-electron chi connectivity index (χ4n) is 9.33. The highest BCUT2D eigenvalue weighted by Gasteiger charge is 2.47. The first kappa shape index (κ1) is 41.4. The number of imide groups is 3. The highest BCUT2D eigenvalue weighted by molar-refractivity contribution is 6.50. The summed E-state index contributed by atoms with van der Waals surface area (Å²) in [5.41, 5.74) is 4.97. The molecule has 0 spiro atoms. The molecular weight excluding hydrogens is 829 g/mol. The van der Waals surface area contributed by atoms with Gasteiger partial charge in [-0.05, 0) is 50.1 Å². The van der Waals surface area contributed by atoms with Gasteiger partial charge in [-0.3, -0.25) is 53.5 Å². The predicted molar refractivity (Wildman–Crippen MR) is 240 cm³/mol. The molecule has 4 aliphatic heterocycles. The Bertz CT molecular complexity index is 2970. The fourth-order valence-corrected chi connectivity index (χ4v) is 9.33. The van der Waals surface area contributed by atoms with Gasteiger partial charge in [-0.15, -0.1) is 5.10 Å². The van der Waals surface area contributed by atoms with E-state index in [0.717, 1.165) is 84.9 Å². The Kier molecular flexibility index (Phi) is 10.9. The van der Waals surface area contributed by atoms with Crippen LogP contribution in [0.5, 0.6) is 0 Å². The molecule has 7 heterocycles. The average molecular weight is 875 g/mol. The molecular formula is C47H46N12O6. The van der Waals surface area contributed by atoms with Crippen LogP contribution in [-0.4, -0.2) is 132 Å². The lowest BCUT2D eigenvalue weighted by atomic mass is 9.97. The number of hydrogen-bond donors (Lipinski definition) is 3. The Morgan fingerprint density at radius 1 is 0.769 bits per heavy atom. The van der Waals surface area contributed by atoms with E-state index in [1.165, 1.54) is 7.05 Å². The molecule has 3 N–H and O–H groups in total. The third-order valence-electron chi connectivity index (χ3n) is 12.8. The molecule has 18 nitrogen and oxygen atoms in total. The van der Waals surface area contributed by atoms with Gasteiger partial charge in [0.25, 0.3) is 29.5 Å². The molecule has 0 bridgehead atoms. The Morgan fingerprint density at radius 3 is 2.38 bits per heavy atom. The maximum atomic E-state index is 13.5. The van der Waals surface area contributed by atoms with Gasteiger partial charge in [0, 0.05) is 99.1 Å². The topological polar surface area (TPSA) is 212 Å². The number of unbranched alkanes of at least 4 members (excludes halogenated alkanes) is 2. The van der Waals surface area contributed by atoms with Crippen LogP contribution in [0.3, 0.4) is 0 Å². The van der Waals surface area contributed by atoms with Gasteiger partial charge in [0.1, 0.15) is 6.04 Å². The van der Waals surface area contributed by atoms with Gasteiger partial charge in [0.15, 0.2) is 0 Å². The maximum Gasteiger partial charge on any atom is 0.264 e. The second kappa shape index (κ2) is 17.2. The molecule has 330 valence electrons. The number of benzene rings is 3. The highest BCUT2D eigenvalue weighted by atomic mass is 16.2. The normalized spacial score (nSPS) is 18.2. The fraction of sp³-hybridized carbons (Fsp3) is 0.319. The summed E-state index contributed by atoms with van der Waals surface area (Å²) in [5.74, 6) is -2.35. The maximum absolute atomic E-state index is 13.5. The first-order valence-electron chi connectivity index (χ1n) is 22.0. The van der Waals surface area contributed by atoms with Gasteiger partial charge < -0.3 is 15.2 Å². The number of likely N-dealkylation sites (N-methyl/N-ethyl adjacent to an activating group) is 1. The molecule has 3 aromatic heterocycles. The van der Waals surface area contributed by atoms with Crippen LogP contribution in [0.4, 0.5) is 11.6 Å². The number of H-pyrrole nitrogens is 1. The van der Waals surface area contributed by atoms with Crippen LogP contribution in [0.15, 0.2) is 79.1 Å². The molecule has 0 aliphatic carbocycles. The van der Waals surface area contributed by atoms with Crippen molar-refractivity contribution in [1.29, 1.82) is 0 Å². The zero-order valence-corrected chi connectivity index (χ0v) is 35.7. The molecule has 10 rings (SSSR count). The molecule has 2 fully saturated rings.